The zero-order valence-electron chi connectivity index (χ0n) is 48.7. The smallest absolute Gasteiger partial charge is 0.456 e. The monoisotopic (exact) mass is 1060 g/mol. The number of quaternary nitrogens is 1. The summed E-state index contributed by atoms with van der Waals surface area (Å²) >= 11 is 0. The number of amides is 1. The van der Waals surface area contributed by atoms with Crippen molar-refractivity contribution in [3.05, 3.63) is 122 Å². The Kier molecular flexibility index (Phi) is 51.2. The van der Waals surface area contributed by atoms with Crippen LogP contribution in [0.15, 0.2) is 122 Å². The van der Waals surface area contributed by atoms with Crippen molar-refractivity contribution in [2.24, 2.45) is 0 Å². The summed E-state index contributed by atoms with van der Waals surface area (Å²) in [6.07, 6.45) is 74.8. The van der Waals surface area contributed by atoms with Crippen molar-refractivity contribution in [1.82, 2.24) is 5.32 Å². The molecule has 0 aromatic rings. The van der Waals surface area contributed by atoms with Crippen molar-refractivity contribution in [2.45, 2.75) is 238 Å². The van der Waals surface area contributed by atoms with Gasteiger partial charge in [-0.1, -0.05) is 213 Å². The summed E-state index contributed by atoms with van der Waals surface area (Å²) in [5.74, 6) is -0.592. The Morgan fingerprint density at radius 2 is 0.853 bits per heavy atom. The number of rotatable bonds is 52. The zero-order chi connectivity index (χ0) is 55.0. The van der Waals surface area contributed by atoms with Crippen molar-refractivity contribution in [3.63, 3.8) is 0 Å². The molecular formula is C65H112N2O7P+. The van der Waals surface area contributed by atoms with E-state index in [9.17, 15) is 19.0 Å². The molecule has 3 unspecified atom stereocenters. The van der Waals surface area contributed by atoms with E-state index in [0.29, 0.717) is 30.3 Å². The summed E-state index contributed by atoms with van der Waals surface area (Å²) in [6.45, 7) is 6.79. The molecule has 0 fully saturated rings. The number of carbonyl (C=O) groups is 2. The van der Waals surface area contributed by atoms with Crippen molar-refractivity contribution >= 4 is 19.7 Å². The highest BCUT2D eigenvalue weighted by Gasteiger charge is 2.30. The Morgan fingerprint density at radius 3 is 1.32 bits per heavy atom. The van der Waals surface area contributed by atoms with Gasteiger partial charge in [-0.25, -0.2) is 4.57 Å². The summed E-state index contributed by atoms with van der Waals surface area (Å²) in [4.78, 5) is 37.6. The topological polar surface area (TPSA) is 111 Å². The summed E-state index contributed by atoms with van der Waals surface area (Å²) in [5, 5.41) is 3.02. The van der Waals surface area contributed by atoms with Gasteiger partial charge in [-0.05, 0) is 122 Å². The van der Waals surface area contributed by atoms with E-state index in [0.717, 1.165) is 109 Å². The maximum atomic E-state index is 13.5. The normalized spacial score (nSPS) is 14.6. The fourth-order valence-electron chi connectivity index (χ4n) is 7.77. The molecule has 0 aromatic heterocycles. The SMILES string of the molecule is CC/C=C\C/C=C\C/C=C\C/C=C\C/C=C\C/C=C\CCCCC(=O)OC(/C=C/CCCCCCCCCCC)C(COP(=O)(O)OCC[N+](C)(C)C)NC(=O)CCCCCC/C=C\C/C=C\C/C=C\CCCCC. The third-order valence-electron chi connectivity index (χ3n) is 12.4. The van der Waals surface area contributed by atoms with Crippen LogP contribution in [0.25, 0.3) is 0 Å². The third-order valence-corrected chi connectivity index (χ3v) is 13.4. The van der Waals surface area contributed by atoms with Gasteiger partial charge in [0.2, 0.25) is 5.91 Å². The summed E-state index contributed by atoms with van der Waals surface area (Å²) in [6, 6.07) is -0.886. The van der Waals surface area contributed by atoms with Crippen LogP contribution < -0.4 is 5.32 Å². The Hall–Kier alpha value is -3.59. The number of esters is 1. The standard InChI is InChI=1S/C65H111N2O7P/c1-7-10-13-16-19-22-25-27-29-31-32-33-34-36-38-40-43-46-49-52-55-58-65(69)74-63(56-53-50-47-44-41-24-21-18-15-12-9-3)62(61-73-75(70,71)72-60-59-67(4,5)6)66-64(68)57-54-51-48-45-42-39-37-35-30-28-26-23-20-17-14-11-8-2/h10,13,19-20,22-23,27-30,32-33,36-39,43,46,53,56,62-63H,7-9,11-12,14-18,21,24-26,31,34-35,40-42,44-45,47-52,54-55,57-61H2,1-6H3,(H-,66,68,70,71)/p+1/b13-10-,22-19-,23-20-,29-27-,30-28-,33-32-,38-36-,39-37-,46-43-,56-53+. The molecule has 0 heterocycles. The molecular weight excluding hydrogens is 952 g/mol. The molecule has 0 spiro atoms. The fraction of sp³-hybridized carbons (Fsp3) is 0.662. The van der Waals surface area contributed by atoms with E-state index in [4.69, 9.17) is 13.8 Å². The Labute approximate surface area is 461 Å². The minimum absolute atomic E-state index is 0.0217. The van der Waals surface area contributed by atoms with E-state index in [2.05, 4.69) is 135 Å². The molecule has 0 aromatic carbocycles. The summed E-state index contributed by atoms with van der Waals surface area (Å²) < 4.78 is 30.6. The molecule has 0 radical (unpaired) electrons. The van der Waals surface area contributed by atoms with E-state index >= 15 is 0 Å². The summed E-state index contributed by atoms with van der Waals surface area (Å²) in [7, 11) is 1.44. The molecule has 0 aliphatic rings. The van der Waals surface area contributed by atoms with Crippen molar-refractivity contribution in [2.75, 3.05) is 40.9 Å². The lowest BCUT2D eigenvalue weighted by atomic mass is 10.1. The average Bonchev–Trinajstić information content (AvgIpc) is 3.37. The molecule has 9 nitrogen and oxygen atoms in total. The molecule has 2 N–H and O–H groups in total. The molecule has 0 saturated carbocycles. The van der Waals surface area contributed by atoms with Gasteiger partial charge in [0.05, 0.1) is 33.8 Å². The number of allylic oxidation sites excluding steroid dienone is 19. The number of carbonyl (C=O) groups excluding carboxylic acids is 2. The predicted octanol–water partition coefficient (Wildman–Crippen LogP) is 18.3. The maximum absolute atomic E-state index is 13.5. The van der Waals surface area contributed by atoms with Gasteiger partial charge in [0.15, 0.2) is 0 Å². The minimum atomic E-state index is -4.47. The minimum Gasteiger partial charge on any atom is -0.456 e. The van der Waals surface area contributed by atoms with Crippen LogP contribution in [0, 0.1) is 0 Å². The van der Waals surface area contributed by atoms with Gasteiger partial charge in [-0.2, -0.15) is 0 Å². The molecule has 0 aliphatic heterocycles. The third kappa shape index (κ3) is 55.0. The van der Waals surface area contributed by atoms with Gasteiger partial charge in [-0.3, -0.25) is 18.6 Å². The van der Waals surface area contributed by atoms with Gasteiger partial charge in [0, 0.05) is 12.8 Å². The lowest BCUT2D eigenvalue weighted by Gasteiger charge is -2.27. The molecule has 10 heteroatoms. The van der Waals surface area contributed by atoms with Crippen LogP contribution in [-0.4, -0.2) is 74.3 Å². The van der Waals surface area contributed by atoms with Crippen LogP contribution in [-0.2, 0) is 27.9 Å². The molecule has 75 heavy (non-hydrogen) atoms. The van der Waals surface area contributed by atoms with Crippen LogP contribution >= 0.6 is 7.82 Å². The van der Waals surface area contributed by atoms with Crippen LogP contribution in [0.1, 0.15) is 226 Å². The first-order chi connectivity index (χ1) is 36.4. The Morgan fingerprint density at radius 1 is 0.480 bits per heavy atom. The van der Waals surface area contributed by atoms with Gasteiger partial charge in [0.1, 0.15) is 19.3 Å². The maximum Gasteiger partial charge on any atom is 0.472 e. The van der Waals surface area contributed by atoms with Gasteiger partial charge in [0.25, 0.3) is 0 Å². The first-order valence-electron chi connectivity index (χ1n) is 29.9. The quantitative estimate of drug-likeness (QED) is 0.0205. The van der Waals surface area contributed by atoms with Crippen molar-refractivity contribution < 1.29 is 37.3 Å². The van der Waals surface area contributed by atoms with E-state index < -0.39 is 20.0 Å². The highest BCUT2D eigenvalue weighted by Crippen LogP contribution is 2.43. The van der Waals surface area contributed by atoms with Crippen LogP contribution in [0.3, 0.4) is 0 Å². The van der Waals surface area contributed by atoms with Crippen LogP contribution in [0.4, 0.5) is 0 Å². The number of unbranched alkanes of at least 4 members (excludes halogenated alkanes) is 18. The average molecular weight is 1060 g/mol. The number of phosphoric ester groups is 1. The Balaban J connectivity index is 5.40. The van der Waals surface area contributed by atoms with Crippen LogP contribution in [0.2, 0.25) is 0 Å². The largest absolute Gasteiger partial charge is 0.472 e. The molecule has 0 bridgehead atoms. The second-order valence-electron chi connectivity index (χ2n) is 20.8. The molecule has 0 aliphatic carbocycles. The first kappa shape index (κ1) is 71.4. The number of hydrogen-bond acceptors (Lipinski definition) is 6. The Bertz CT molecular complexity index is 1700. The van der Waals surface area contributed by atoms with E-state index in [1.165, 1.54) is 70.6 Å². The van der Waals surface area contributed by atoms with E-state index in [-0.39, 0.29) is 31.5 Å². The second kappa shape index (κ2) is 53.8. The number of ether oxygens (including phenoxy) is 1. The lowest BCUT2D eigenvalue weighted by Crippen LogP contribution is -2.47. The van der Waals surface area contributed by atoms with Gasteiger partial charge >= 0.3 is 13.8 Å². The van der Waals surface area contributed by atoms with Crippen LogP contribution in [0.5, 0.6) is 0 Å². The van der Waals surface area contributed by atoms with Gasteiger partial charge in [-0.15, -0.1) is 0 Å². The van der Waals surface area contributed by atoms with Crippen molar-refractivity contribution in [3.8, 4) is 0 Å². The lowest BCUT2D eigenvalue weighted by molar-refractivity contribution is -0.870. The number of phosphoric acid groups is 1. The zero-order valence-corrected chi connectivity index (χ0v) is 49.6. The van der Waals surface area contributed by atoms with E-state index in [1.54, 1.807) is 0 Å². The fourth-order valence-corrected chi connectivity index (χ4v) is 8.51. The van der Waals surface area contributed by atoms with Gasteiger partial charge < -0.3 is 19.4 Å². The molecule has 1 amide bonds. The van der Waals surface area contributed by atoms with E-state index in [1.807, 2.05) is 33.3 Å². The number of nitrogens with zero attached hydrogens (tertiary/aromatic N) is 1. The highest BCUT2D eigenvalue weighted by atomic mass is 31.2. The number of hydrogen-bond donors (Lipinski definition) is 2. The predicted molar refractivity (Wildman–Crippen MR) is 323 cm³/mol. The molecule has 0 saturated heterocycles. The number of nitrogens with one attached hydrogen (secondary N) is 1. The van der Waals surface area contributed by atoms with Crippen molar-refractivity contribution in [1.29, 1.82) is 0 Å². The summed E-state index contributed by atoms with van der Waals surface area (Å²) in [5.41, 5.74) is 0. The molecule has 3 atom stereocenters. The number of likely N-dealkylation sites (N-methyl/N-ethyl adjacent to an activating group) is 1. The second-order valence-corrected chi connectivity index (χ2v) is 22.2. The first-order valence-corrected chi connectivity index (χ1v) is 31.4. The highest BCUT2D eigenvalue weighted by molar-refractivity contribution is 7.47. The molecule has 0 rings (SSSR count). The molecule has 428 valence electrons.